The van der Waals surface area contributed by atoms with E-state index in [0.29, 0.717) is 213 Å². The van der Waals surface area contributed by atoms with Crippen molar-refractivity contribution in [2.24, 2.45) is 16.1 Å². The molecule has 0 aliphatic rings. The molecule has 2 aromatic carbocycles. The number of ether oxygens (including phenoxy) is 15. The van der Waals surface area contributed by atoms with Crippen LogP contribution in [0.4, 0.5) is 27.5 Å². The lowest BCUT2D eigenvalue weighted by Gasteiger charge is -2.23. The number of alkyl carbamates (subject to hydrolysis) is 1. The van der Waals surface area contributed by atoms with Gasteiger partial charge in [0.25, 0.3) is 0 Å². The Balaban J connectivity index is 1.28. The quantitative estimate of drug-likeness (QED) is 0.0209. The number of carboxylic acids is 2. The van der Waals surface area contributed by atoms with Gasteiger partial charge in [-0.3, -0.25) is 28.8 Å². The van der Waals surface area contributed by atoms with Crippen LogP contribution in [0.3, 0.4) is 0 Å². The first-order chi connectivity index (χ1) is 50.4. The zero-order chi connectivity index (χ0) is 75.6. The van der Waals surface area contributed by atoms with Crippen LogP contribution in [0.5, 0.6) is 0 Å². The maximum absolute atomic E-state index is 12.6. The molecule has 0 heterocycles. The number of unbranched alkanes of at least 4 members (excludes halogenated alkanes) is 3. The van der Waals surface area contributed by atoms with Crippen molar-refractivity contribution in [2.75, 3.05) is 221 Å². The van der Waals surface area contributed by atoms with Gasteiger partial charge in [-0.15, -0.1) is 11.6 Å². The molecule has 8 N–H and O–H groups in total. The van der Waals surface area contributed by atoms with Gasteiger partial charge < -0.3 is 113 Å². The van der Waals surface area contributed by atoms with Crippen LogP contribution in [0.25, 0.3) is 0 Å². The van der Waals surface area contributed by atoms with Crippen LogP contribution >= 0.6 is 11.6 Å². The molecule has 0 fully saturated rings. The number of nitrogens with zero attached hydrogens (tertiary/aromatic N) is 2. The summed E-state index contributed by atoms with van der Waals surface area (Å²) >= 11 is 5.67. The zero-order valence-electron chi connectivity index (χ0n) is 60.9. The Morgan fingerprint density at radius 1 is 0.385 bits per heavy atom. The minimum absolute atomic E-state index is 0.00277. The van der Waals surface area contributed by atoms with E-state index in [1.54, 1.807) is 69.3 Å². The highest BCUT2D eigenvalue weighted by molar-refractivity contribution is 6.17. The number of nitrogens with one attached hydrogen (secondary N) is 6. The maximum atomic E-state index is 12.6. The molecule has 34 heteroatoms. The molecule has 0 radical (unpaired) electrons. The standard InChI is InChI=1S/C70H115ClN8O25/c1-70(2,3)104-69(89)77-61(68(87)88)54-56(67(85)86)10-8-13-65(83)75-57-14-18-59(19-15-57)78-79-60-20-16-58(17-21-60)76-66(84)55-74-64(82)22-27-91-31-34-94-36-38-96-40-42-98-44-46-100-48-50-102-52-53-103-51-49-101-47-45-99-43-41-97-39-37-95-35-33-93-29-25-73-63(81)12-9-11-62(80)72-24-28-92-32-30-90-26-7-5-4-6-23-71/h14-21,56,61H,4-13,22-55H2,1-3H3,(H,72,80)(H,73,81)(H,74,82)(H,75,83)(H,76,84)(H,77,89)(H,85,86)(H,87,88)/t56-,61-/m0/s1. The highest BCUT2D eigenvalue weighted by atomic mass is 35.5. The lowest BCUT2D eigenvalue weighted by atomic mass is 9.94. The summed E-state index contributed by atoms with van der Waals surface area (Å²) in [6, 6.07) is 11.5. The second-order valence-corrected chi connectivity index (χ2v) is 24.2. The molecule has 104 heavy (non-hydrogen) atoms. The van der Waals surface area contributed by atoms with Crippen molar-refractivity contribution in [1.29, 1.82) is 0 Å². The molecule has 6 amide bonds. The van der Waals surface area contributed by atoms with E-state index in [1.165, 1.54) is 0 Å². The number of hydrogen-bond donors (Lipinski definition) is 8. The maximum Gasteiger partial charge on any atom is 0.408 e. The van der Waals surface area contributed by atoms with E-state index in [4.69, 9.17) is 82.7 Å². The normalized spacial score (nSPS) is 12.0. The van der Waals surface area contributed by atoms with Gasteiger partial charge in [0, 0.05) is 62.6 Å². The number of carbonyl (C=O) groups is 8. The average molecular weight is 1500 g/mol. The first-order valence-corrected chi connectivity index (χ1v) is 36.1. The predicted molar refractivity (Wildman–Crippen MR) is 383 cm³/mol. The summed E-state index contributed by atoms with van der Waals surface area (Å²) in [5.41, 5.74) is 1.04. The van der Waals surface area contributed by atoms with E-state index < -0.39 is 47.9 Å². The van der Waals surface area contributed by atoms with Crippen LogP contribution < -0.4 is 31.9 Å². The Morgan fingerprint density at radius 2 is 0.731 bits per heavy atom. The van der Waals surface area contributed by atoms with E-state index in [1.807, 2.05) is 0 Å². The van der Waals surface area contributed by atoms with Crippen molar-refractivity contribution < 1.29 is 120 Å². The molecule has 0 spiro atoms. The van der Waals surface area contributed by atoms with Gasteiger partial charge >= 0.3 is 18.0 Å². The number of halogens is 1. The second kappa shape index (κ2) is 64.7. The van der Waals surface area contributed by atoms with Crippen LogP contribution in [-0.2, 0) is 105 Å². The van der Waals surface area contributed by atoms with E-state index in [-0.39, 0.29) is 81.9 Å². The molecular formula is C70H115ClN8O25. The predicted octanol–water partition coefficient (Wildman–Crippen LogP) is 6.16. The summed E-state index contributed by atoms with van der Waals surface area (Å²) < 4.78 is 82.2. The average Bonchev–Trinajstić information content (AvgIpc) is 0.900. The molecule has 0 aliphatic carbocycles. The smallest absolute Gasteiger partial charge is 0.408 e. The summed E-state index contributed by atoms with van der Waals surface area (Å²) in [6.07, 6.45) is 4.09. The number of rotatable bonds is 70. The molecule has 592 valence electrons. The van der Waals surface area contributed by atoms with E-state index in [9.17, 15) is 48.6 Å². The van der Waals surface area contributed by atoms with Crippen LogP contribution in [0.15, 0.2) is 58.8 Å². The van der Waals surface area contributed by atoms with Crippen molar-refractivity contribution in [2.45, 2.75) is 109 Å². The van der Waals surface area contributed by atoms with E-state index in [0.717, 1.165) is 32.3 Å². The highest BCUT2D eigenvalue weighted by Gasteiger charge is 2.30. The van der Waals surface area contributed by atoms with Gasteiger partial charge in [0.1, 0.15) is 11.6 Å². The number of hydrogen-bond acceptors (Lipinski definition) is 25. The van der Waals surface area contributed by atoms with Crippen molar-refractivity contribution in [3.63, 3.8) is 0 Å². The van der Waals surface area contributed by atoms with Crippen LogP contribution in [-0.4, -0.2) is 280 Å². The fourth-order valence-electron chi connectivity index (χ4n) is 8.61. The van der Waals surface area contributed by atoms with Crippen molar-refractivity contribution in [3.8, 4) is 0 Å². The molecule has 0 saturated heterocycles. The van der Waals surface area contributed by atoms with E-state index in [2.05, 4.69) is 42.1 Å². The number of carbonyl (C=O) groups excluding carboxylic acids is 6. The first kappa shape index (κ1) is 93.4. The molecule has 0 bridgehead atoms. The number of azo groups is 1. The molecular weight excluding hydrogens is 1390 g/mol. The molecule has 0 aromatic heterocycles. The Hall–Kier alpha value is -6.67. The van der Waals surface area contributed by atoms with Gasteiger partial charge in [0.05, 0.1) is 202 Å². The third-order valence-corrected chi connectivity index (χ3v) is 14.2. The molecule has 2 atom stereocenters. The van der Waals surface area contributed by atoms with Crippen molar-refractivity contribution in [1.82, 2.24) is 21.3 Å². The fourth-order valence-corrected chi connectivity index (χ4v) is 8.80. The number of aliphatic carboxylic acids is 2. The summed E-state index contributed by atoms with van der Waals surface area (Å²) in [7, 11) is 0. The second-order valence-electron chi connectivity index (χ2n) is 23.8. The number of amides is 6. The Morgan fingerprint density at radius 3 is 1.11 bits per heavy atom. The first-order valence-electron chi connectivity index (χ1n) is 35.5. The van der Waals surface area contributed by atoms with Gasteiger partial charge in [0.2, 0.25) is 29.5 Å². The van der Waals surface area contributed by atoms with Gasteiger partial charge in [-0.25, -0.2) is 9.59 Å². The summed E-state index contributed by atoms with van der Waals surface area (Å²) in [5, 5.41) is 43.4. The van der Waals surface area contributed by atoms with Gasteiger partial charge in [0.15, 0.2) is 0 Å². The van der Waals surface area contributed by atoms with Gasteiger partial charge in [-0.05, 0) is 108 Å². The lowest BCUT2D eigenvalue weighted by Crippen LogP contribution is -2.45. The number of benzene rings is 2. The monoisotopic (exact) mass is 1500 g/mol. The molecule has 2 rings (SSSR count). The van der Waals surface area contributed by atoms with Crippen LogP contribution in [0.1, 0.15) is 97.8 Å². The molecule has 33 nitrogen and oxygen atoms in total. The fraction of sp³-hybridized carbons (Fsp3) is 0.714. The summed E-state index contributed by atoms with van der Waals surface area (Å²) in [5.74, 6) is -4.49. The number of carboxylic acid groups (broad SMARTS) is 2. The van der Waals surface area contributed by atoms with Crippen molar-refractivity contribution >= 4 is 81.9 Å². The number of alkyl halides is 1. The molecule has 0 saturated carbocycles. The largest absolute Gasteiger partial charge is 0.481 e. The van der Waals surface area contributed by atoms with Crippen LogP contribution in [0, 0.1) is 5.92 Å². The lowest BCUT2D eigenvalue weighted by molar-refractivity contribution is -0.144. The summed E-state index contributed by atoms with van der Waals surface area (Å²) in [6.45, 7) is 17.1. The molecule has 2 aromatic rings. The van der Waals surface area contributed by atoms with Gasteiger partial charge in [-0.1, -0.05) is 12.8 Å². The zero-order valence-corrected chi connectivity index (χ0v) is 61.7. The minimum Gasteiger partial charge on any atom is -0.481 e. The number of anilines is 2. The summed E-state index contributed by atoms with van der Waals surface area (Å²) in [4.78, 5) is 97.0. The Kier molecular flexibility index (Phi) is 58.1. The third-order valence-electron chi connectivity index (χ3n) is 13.9. The Labute approximate surface area is 615 Å². The molecule has 0 aliphatic heterocycles. The van der Waals surface area contributed by atoms with E-state index >= 15 is 0 Å². The highest BCUT2D eigenvalue weighted by Crippen LogP contribution is 2.23. The third kappa shape index (κ3) is 58.6. The molecule has 0 unspecified atom stereocenters. The Bertz CT molecular complexity index is 2600. The van der Waals surface area contributed by atoms with Gasteiger partial charge in [-0.2, -0.15) is 10.2 Å². The minimum atomic E-state index is -1.50. The van der Waals surface area contributed by atoms with Crippen molar-refractivity contribution in [3.05, 3.63) is 48.5 Å². The van der Waals surface area contributed by atoms with Crippen LogP contribution in [0.2, 0.25) is 0 Å². The SMILES string of the molecule is CC(C)(C)OC(=O)N[C@@H](C[C@H](CCCC(=O)Nc1ccc(N=Nc2ccc(NC(=O)CNC(=O)CCOCCOCCOCCOCCOCCOCCOCCOCCOCCOCCOCCOCCNC(=O)CCCC(=O)NCCOCCOCCCCCCCl)cc2)cc1)C(=O)O)C(=O)O. The topological polar surface area (TPSA) is 412 Å².